The summed E-state index contributed by atoms with van der Waals surface area (Å²) in [7, 11) is 0. The number of amides is 2. The molecule has 20 heavy (non-hydrogen) atoms. The largest absolute Gasteiger partial charge is 0.465 e. The lowest BCUT2D eigenvalue weighted by Gasteiger charge is -2.17. The van der Waals surface area contributed by atoms with E-state index in [1.54, 1.807) is 4.90 Å². The summed E-state index contributed by atoms with van der Waals surface area (Å²) in [6.07, 6.45) is -0.0743. The molecule has 9 heteroatoms. The second kappa shape index (κ2) is 13.1. The van der Waals surface area contributed by atoms with Crippen LogP contribution in [0.2, 0.25) is 0 Å². The van der Waals surface area contributed by atoms with Crippen molar-refractivity contribution in [3.8, 4) is 0 Å². The van der Waals surface area contributed by atoms with Crippen LogP contribution in [0.5, 0.6) is 0 Å². The predicted octanol–water partition coefficient (Wildman–Crippen LogP) is -1.03. The van der Waals surface area contributed by atoms with Crippen LogP contribution < -0.4 is 0 Å². The van der Waals surface area contributed by atoms with Crippen LogP contribution in [-0.4, -0.2) is 88.2 Å². The molecule has 8 nitrogen and oxygen atoms in total. The van der Waals surface area contributed by atoms with Gasteiger partial charge in [0.1, 0.15) is 0 Å². The van der Waals surface area contributed by atoms with E-state index >= 15 is 0 Å². The molecule has 1 aliphatic heterocycles. The van der Waals surface area contributed by atoms with E-state index in [2.05, 4.69) is 0 Å². The van der Waals surface area contributed by atoms with Gasteiger partial charge < -0.3 is 20.4 Å². The molecule has 0 aromatic carbocycles. The minimum Gasteiger partial charge on any atom is -0.465 e. The summed E-state index contributed by atoms with van der Waals surface area (Å²) in [6.45, 7) is 2.12. The highest BCUT2D eigenvalue weighted by atomic mass is 35.5. The standard InChI is InChI=1S/C6H15NO3.C5H7NO3.ClH/c8-4-1-7(2-5-9)3-6-10;7-4-2-1-3-6(4)5(8)9;/h8-10H,1-6H2;1-3H2,(H,8,9);1H. The van der Waals surface area contributed by atoms with Crippen molar-refractivity contribution < 1.29 is 30.0 Å². The molecule has 0 unspecified atom stereocenters. The fourth-order valence-corrected chi connectivity index (χ4v) is 1.61. The van der Waals surface area contributed by atoms with Crippen LogP contribution in [0.25, 0.3) is 0 Å². The summed E-state index contributed by atoms with van der Waals surface area (Å²) in [5.41, 5.74) is 0. The van der Waals surface area contributed by atoms with Crippen molar-refractivity contribution in [2.45, 2.75) is 12.8 Å². The van der Waals surface area contributed by atoms with Crippen LogP contribution in [-0.2, 0) is 4.79 Å². The Kier molecular flexibility index (Phi) is 14.0. The molecule has 0 atom stereocenters. The summed E-state index contributed by atoms with van der Waals surface area (Å²) in [6, 6.07) is 0. The van der Waals surface area contributed by atoms with E-state index in [1.165, 1.54) is 0 Å². The third-order valence-electron chi connectivity index (χ3n) is 2.55. The molecular formula is C11H23ClN2O6. The molecule has 0 radical (unpaired) electrons. The van der Waals surface area contributed by atoms with E-state index in [-0.39, 0.29) is 38.1 Å². The molecule has 0 spiro atoms. The molecule has 1 heterocycles. The Morgan fingerprint density at radius 3 is 1.75 bits per heavy atom. The van der Waals surface area contributed by atoms with E-state index in [0.717, 1.165) is 4.90 Å². The van der Waals surface area contributed by atoms with E-state index in [0.29, 0.717) is 39.0 Å². The highest BCUT2D eigenvalue weighted by Gasteiger charge is 2.25. The zero-order valence-corrected chi connectivity index (χ0v) is 12.1. The third-order valence-corrected chi connectivity index (χ3v) is 2.55. The number of imide groups is 1. The molecule has 1 fully saturated rings. The lowest BCUT2D eigenvalue weighted by Crippen LogP contribution is -2.32. The minimum atomic E-state index is -1.13. The van der Waals surface area contributed by atoms with Crippen molar-refractivity contribution in [3.63, 3.8) is 0 Å². The number of hydrogen-bond acceptors (Lipinski definition) is 6. The normalized spacial score (nSPS) is 13.8. The van der Waals surface area contributed by atoms with Gasteiger partial charge in [0.25, 0.3) is 0 Å². The van der Waals surface area contributed by atoms with Crippen LogP contribution in [0, 0.1) is 0 Å². The fourth-order valence-electron chi connectivity index (χ4n) is 1.61. The van der Waals surface area contributed by atoms with Gasteiger partial charge in [-0.15, -0.1) is 12.4 Å². The van der Waals surface area contributed by atoms with E-state index in [9.17, 15) is 9.59 Å². The lowest BCUT2D eigenvalue weighted by molar-refractivity contribution is -0.125. The Bertz CT molecular complexity index is 265. The summed E-state index contributed by atoms with van der Waals surface area (Å²) >= 11 is 0. The van der Waals surface area contributed by atoms with Gasteiger partial charge in [-0.05, 0) is 6.42 Å². The van der Waals surface area contributed by atoms with Crippen molar-refractivity contribution in [1.82, 2.24) is 9.80 Å². The molecule has 4 N–H and O–H groups in total. The van der Waals surface area contributed by atoms with Gasteiger partial charge in [0.2, 0.25) is 5.91 Å². The van der Waals surface area contributed by atoms with Gasteiger partial charge in [-0.25, -0.2) is 9.69 Å². The van der Waals surface area contributed by atoms with Gasteiger partial charge in [0, 0.05) is 32.6 Å². The first kappa shape index (κ1) is 21.4. The summed E-state index contributed by atoms with van der Waals surface area (Å²) in [5.74, 6) is -0.275. The molecule has 1 saturated heterocycles. The van der Waals surface area contributed by atoms with Crippen molar-refractivity contribution in [1.29, 1.82) is 0 Å². The maximum Gasteiger partial charge on any atom is 0.414 e. The number of likely N-dealkylation sites (tertiary alicyclic amines) is 1. The molecule has 1 aliphatic rings. The van der Waals surface area contributed by atoms with E-state index in [4.69, 9.17) is 20.4 Å². The first-order chi connectivity index (χ1) is 9.06. The van der Waals surface area contributed by atoms with Gasteiger partial charge in [-0.3, -0.25) is 9.69 Å². The smallest absolute Gasteiger partial charge is 0.414 e. The van der Waals surface area contributed by atoms with Gasteiger partial charge in [0.05, 0.1) is 19.8 Å². The molecule has 120 valence electrons. The van der Waals surface area contributed by atoms with Crippen LogP contribution in [0.4, 0.5) is 4.79 Å². The second-order valence-corrected chi connectivity index (χ2v) is 3.94. The number of nitrogens with zero attached hydrogens (tertiary/aromatic N) is 2. The maximum atomic E-state index is 10.6. The van der Waals surface area contributed by atoms with Crippen molar-refractivity contribution >= 4 is 24.4 Å². The Morgan fingerprint density at radius 2 is 1.55 bits per heavy atom. The summed E-state index contributed by atoms with van der Waals surface area (Å²) < 4.78 is 0. The Hall–Kier alpha value is -0.930. The number of aliphatic hydroxyl groups excluding tert-OH is 3. The van der Waals surface area contributed by atoms with Crippen molar-refractivity contribution in [3.05, 3.63) is 0 Å². The highest BCUT2D eigenvalue weighted by molar-refractivity contribution is 5.92. The first-order valence-corrected chi connectivity index (χ1v) is 6.15. The highest BCUT2D eigenvalue weighted by Crippen LogP contribution is 2.08. The summed E-state index contributed by atoms with van der Waals surface area (Å²) in [4.78, 5) is 23.3. The SMILES string of the molecule is Cl.O=C(O)N1CCCC1=O.OCCN(CCO)CCO. The van der Waals surface area contributed by atoms with Gasteiger partial charge in [0.15, 0.2) is 0 Å². The van der Waals surface area contributed by atoms with Crippen LogP contribution in [0.3, 0.4) is 0 Å². The number of carbonyl (C=O) groups is 2. The molecular weight excluding hydrogens is 292 g/mol. The summed E-state index contributed by atoms with van der Waals surface area (Å²) in [5, 5.41) is 33.7. The maximum absolute atomic E-state index is 10.6. The molecule has 0 aromatic heterocycles. The lowest BCUT2D eigenvalue weighted by atomic mass is 10.4. The molecule has 2 amide bonds. The average Bonchev–Trinajstić information content (AvgIpc) is 2.77. The number of halogens is 1. The number of hydrogen-bond donors (Lipinski definition) is 4. The second-order valence-electron chi connectivity index (χ2n) is 3.94. The zero-order chi connectivity index (χ0) is 14.7. The molecule has 0 bridgehead atoms. The zero-order valence-electron chi connectivity index (χ0n) is 11.3. The van der Waals surface area contributed by atoms with Crippen LogP contribution >= 0.6 is 12.4 Å². The topological polar surface area (TPSA) is 122 Å². The van der Waals surface area contributed by atoms with Crippen LogP contribution in [0.1, 0.15) is 12.8 Å². The Labute approximate surface area is 124 Å². The monoisotopic (exact) mass is 314 g/mol. The molecule has 0 aromatic rings. The van der Waals surface area contributed by atoms with Crippen molar-refractivity contribution in [2.24, 2.45) is 0 Å². The number of aliphatic hydroxyl groups is 3. The van der Waals surface area contributed by atoms with E-state index < -0.39 is 6.09 Å². The Morgan fingerprint density at radius 1 is 1.10 bits per heavy atom. The molecule has 1 rings (SSSR count). The Balaban J connectivity index is 0. The van der Waals surface area contributed by atoms with Gasteiger partial charge in [-0.2, -0.15) is 0 Å². The number of carboxylic acid groups (broad SMARTS) is 1. The number of rotatable bonds is 6. The number of carbonyl (C=O) groups excluding carboxylic acids is 1. The molecule has 0 saturated carbocycles. The third kappa shape index (κ3) is 9.05. The average molecular weight is 315 g/mol. The first-order valence-electron chi connectivity index (χ1n) is 6.15. The fraction of sp³-hybridized carbons (Fsp3) is 0.818. The van der Waals surface area contributed by atoms with E-state index in [1.807, 2.05) is 0 Å². The minimum absolute atomic E-state index is 0. The quantitative estimate of drug-likeness (QED) is 0.495. The molecule has 0 aliphatic carbocycles. The van der Waals surface area contributed by atoms with Gasteiger partial charge >= 0.3 is 6.09 Å². The predicted molar refractivity (Wildman–Crippen MR) is 73.9 cm³/mol. The van der Waals surface area contributed by atoms with Crippen LogP contribution in [0.15, 0.2) is 0 Å². The van der Waals surface area contributed by atoms with Gasteiger partial charge in [-0.1, -0.05) is 0 Å². The van der Waals surface area contributed by atoms with Crippen molar-refractivity contribution in [2.75, 3.05) is 46.0 Å².